The number of nitrogens with zero attached hydrogens (tertiary/aromatic N) is 1. The van der Waals surface area contributed by atoms with E-state index in [2.05, 4.69) is 17.0 Å². The zero-order chi connectivity index (χ0) is 14.4. The molecule has 1 unspecified atom stereocenters. The van der Waals surface area contributed by atoms with Crippen LogP contribution in [0.15, 0.2) is 0 Å². The SMILES string of the molecule is CC1(CN(CCO)CCOCC(F)(F)F)CCNC1. The normalized spacial score (nSPS) is 24.3. The van der Waals surface area contributed by atoms with Crippen molar-refractivity contribution < 1.29 is 23.0 Å². The minimum Gasteiger partial charge on any atom is -0.395 e. The van der Waals surface area contributed by atoms with E-state index in [0.29, 0.717) is 13.1 Å². The fourth-order valence-corrected chi connectivity index (χ4v) is 2.34. The van der Waals surface area contributed by atoms with Crippen LogP contribution in [0.2, 0.25) is 0 Å². The molecule has 1 heterocycles. The van der Waals surface area contributed by atoms with Gasteiger partial charge in [0.25, 0.3) is 0 Å². The number of aliphatic hydroxyl groups excluding tert-OH is 1. The Labute approximate surface area is 111 Å². The van der Waals surface area contributed by atoms with Gasteiger partial charge >= 0.3 is 6.18 Å². The van der Waals surface area contributed by atoms with Gasteiger partial charge in [0, 0.05) is 26.2 Å². The van der Waals surface area contributed by atoms with Crippen LogP contribution < -0.4 is 5.32 Å². The molecule has 1 aliphatic rings. The maximum atomic E-state index is 11.9. The van der Waals surface area contributed by atoms with Gasteiger partial charge in [-0.15, -0.1) is 0 Å². The minimum atomic E-state index is -4.27. The van der Waals surface area contributed by atoms with Crippen LogP contribution in [-0.2, 0) is 4.74 Å². The molecular formula is C12H23F3N2O2. The van der Waals surface area contributed by atoms with Gasteiger partial charge in [-0.1, -0.05) is 6.92 Å². The van der Waals surface area contributed by atoms with Crippen molar-refractivity contribution in [2.75, 3.05) is 52.5 Å². The van der Waals surface area contributed by atoms with Gasteiger partial charge in [-0.05, 0) is 18.4 Å². The van der Waals surface area contributed by atoms with Crippen LogP contribution in [0.4, 0.5) is 13.2 Å². The summed E-state index contributed by atoms with van der Waals surface area (Å²) in [4.78, 5) is 1.96. The summed E-state index contributed by atoms with van der Waals surface area (Å²) in [5.41, 5.74) is 0.124. The quantitative estimate of drug-likeness (QED) is 0.649. The molecule has 0 spiro atoms. The lowest BCUT2D eigenvalue weighted by Gasteiger charge is -2.31. The van der Waals surface area contributed by atoms with Crippen LogP contribution in [0.5, 0.6) is 0 Å². The fraction of sp³-hybridized carbons (Fsp3) is 1.00. The molecule has 0 aromatic rings. The van der Waals surface area contributed by atoms with Crippen LogP contribution in [0.25, 0.3) is 0 Å². The Morgan fingerprint density at radius 2 is 2.11 bits per heavy atom. The molecule has 2 N–H and O–H groups in total. The number of hydrogen-bond donors (Lipinski definition) is 2. The number of rotatable bonds is 8. The van der Waals surface area contributed by atoms with Gasteiger partial charge in [0.05, 0.1) is 13.2 Å². The first-order chi connectivity index (χ1) is 8.85. The number of nitrogens with one attached hydrogen (secondary N) is 1. The van der Waals surface area contributed by atoms with E-state index < -0.39 is 12.8 Å². The molecule has 0 aromatic heterocycles. The molecule has 0 amide bonds. The van der Waals surface area contributed by atoms with Gasteiger partial charge in [-0.25, -0.2) is 0 Å². The molecular weight excluding hydrogens is 261 g/mol. The summed E-state index contributed by atoms with van der Waals surface area (Å²) < 4.78 is 40.4. The second-order valence-corrected chi connectivity index (χ2v) is 5.40. The highest BCUT2D eigenvalue weighted by Crippen LogP contribution is 2.25. The first-order valence-corrected chi connectivity index (χ1v) is 6.53. The van der Waals surface area contributed by atoms with Gasteiger partial charge in [-0.2, -0.15) is 13.2 Å². The number of ether oxygens (including phenoxy) is 1. The predicted molar refractivity (Wildman–Crippen MR) is 66.0 cm³/mol. The van der Waals surface area contributed by atoms with Gasteiger partial charge in [0.1, 0.15) is 6.61 Å². The average Bonchev–Trinajstić information content (AvgIpc) is 2.70. The Morgan fingerprint density at radius 1 is 1.37 bits per heavy atom. The molecule has 1 rings (SSSR count). The predicted octanol–water partition coefficient (Wildman–Crippen LogP) is 0.859. The van der Waals surface area contributed by atoms with Crippen LogP contribution in [0, 0.1) is 5.41 Å². The molecule has 19 heavy (non-hydrogen) atoms. The number of halogens is 3. The third-order valence-electron chi connectivity index (χ3n) is 3.30. The summed E-state index contributed by atoms with van der Waals surface area (Å²) in [7, 11) is 0. The molecule has 1 saturated heterocycles. The van der Waals surface area contributed by atoms with Crippen molar-refractivity contribution >= 4 is 0 Å². The van der Waals surface area contributed by atoms with Gasteiger partial charge < -0.3 is 15.2 Å². The third kappa shape index (κ3) is 7.10. The molecule has 7 heteroatoms. The Balaban J connectivity index is 2.28. The van der Waals surface area contributed by atoms with Crippen molar-refractivity contribution in [1.29, 1.82) is 0 Å². The molecule has 0 aromatic carbocycles. The van der Waals surface area contributed by atoms with Crippen molar-refractivity contribution in [2.24, 2.45) is 5.41 Å². The lowest BCUT2D eigenvalue weighted by Crippen LogP contribution is -2.40. The van der Waals surface area contributed by atoms with Crippen molar-refractivity contribution in [3.63, 3.8) is 0 Å². The van der Waals surface area contributed by atoms with Crippen molar-refractivity contribution in [3.05, 3.63) is 0 Å². The summed E-state index contributed by atoms with van der Waals surface area (Å²) >= 11 is 0. The third-order valence-corrected chi connectivity index (χ3v) is 3.30. The standard InChI is InChI=1S/C12H23F3N2O2/c1-11(2-3-16-8-11)9-17(4-6-18)5-7-19-10-12(13,14)15/h16,18H,2-10H2,1H3. The molecule has 0 aliphatic carbocycles. The zero-order valence-electron chi connectivity index (χ0n) is 11.3. The number of alkyl halides is 3. The Hall–Kier alpha value is -0.370. The van der Waals surface area contributed by atoms with Crippen LogP contribution in [0.3, 0.4) is 0 Å². The average molecular weight is 284 g/mol. The molecule has 0 saturated carbocycles. The highest BCUT2D eigenvalue weighted by atomic mass is 19.4. The highest BCUT2D eigenvalue weighted by Gasteiger charge is 2.31. The molecule has 0 bridgehead atoms. The van der Waals surface area contributed by atoms with E-state index in [1.165, 1.54) is 0 Å². The van der Waals surface area contributed by atoms with Crippen molar-refractivity contribution in [2.45, 2.75) is 19.5 Å². The second kappa shape index (κ2) is 7.42. The molecule has 1 fully saturated rings. The largest absolute Gasteiger partial charge is 0.411 e. The van der Waals surface area contributed by atoms with E-state index in [9.17, 15) is 13.2 Å². The smallest absolute Gasteiger partial charge is 0.395 e. The second-order valence-electron chi connectivity index (χ2n) is 5.40. The van der Waals surface area contributed by atoms with E-state index in [0.717, 1.165) is 26.1 Å². The minimum absolute atomic E-state index is 0.00276. The molecule has 1 atom stereocenters. The lowest BCUT2D eigenvalue weighted by atomic mass is 9.89. The lowest BCUT2D eigenvalue weighted by molar-refractivity contribution is -0.174. The summed E-state index contributed by atoms with van der Waals surface area (Å²) in [5.74, 6) is 0. The first-order valence-electron chi connectivity index (χ1n) is 6.53. The van der Waals surface area contributed by atoms with Gasteiger partial charge in [0.2, 0.25) is 0 Å². The van der Waals surface area contributed by atoms with E-state index in [1.54, 1.807) is 0 Å². The van der Waals surface area contributed by atoms with E-state index in [4.69, 9.17) is 5.11 Å². The maximum Gasteiger partial charge on any atom is 0.411 e. The van der Waals surface area contributed by atoms with E-state index >= 15 is 0 Å². The highest BCUT2D eigenvalue weighted by molar-refractivity contribution is 4.86. The number of aliphatic hydroxyl groups is 1. The first kappa shape index (κ1) is 16.7. The molecule has 0 radical (unpaired) electrons. The topological polar surface area (TPSA) is 44.7 Å². The summed E-state index contributed by atoms with van der Waals surface area (Å²) in [6, 6.07) is 0. The molecule has 1 aliphatic heterocycles. The Morgan fingerprint density at radius 3 is 2.63 bits per heavy atom. The van der Waals surface area contributed by atoms with Crippen molar-refractivity contribution in [3.8, 4) is 0 Å². The molecule has 4 nitrogen and oxygen atoms in total. The van der Waals surface area contributed by atoms with E-state index in [1.807, 2.05) is 4.90 Å². The maximum absolute atomic E-state index is 11.9. The number of hydrogen-bond acceptors (Lipinski definition) is 4. The fourth-order valence-electron chi connectivity index (χ4n) is 2.34. The monoisotopic (exact) mass is 284 g/mol. The van der Waals surface area contributed by atoms with Crippen LogP contribution >= 0.6 is 0 Å². The van der Waals surface area contributed by atoms with E-state index in [-0.39, 0.29) is 18.6 Å². The summed E-state index contributed by atoms with van der Waals surface area (Å²) in [6.45, 7) is 4.47. The zero-order valence-corrected chi connectivity index (χ0v) is 11.3. The van der Waals surface area contributed by atoms with Gasteiger partial charge in [0.15, 0.2) is 0 Å². The Bertz CT molecular complexity index is 256. The summed E-state index contributed by atoms with van der Waals surface area (Å²) in [5, 5.41) is 12.3. The molecule has 114 valence electrons. The summed E-state index contributed by atoms with van der Waals surface area (Å²) in [6.07, 6.45) is -3.23. The van der Waals surface area contributed by atoms with Crippen LogP contribution in [-0.4, -0.2) is 68.7 Å². The van der Waals surface area contributed by atoms with Gasteiger partial charge in [-0.3, -0.25) is 4.90 Å². The van der Waals surface area contributed by atoms with Crippen molar-refractivity contribution in [1.82, 2.24) is 10.2 Å². The Kier molecular flexibility index (Phi) is 6.52. The van der Waals surface area contributed by atoms with Crippen LogP contribution in [0.1, 0.15) is 13.3 Å².